The van der Waals surface area contributed by atoms with Gasteiger partial charge in [0, 0.05) is 12.2 Å². The Kier molecular flexibility index (Phi) is 6.48. The van der Waals surface area contributed by atoms with Crippen molar-refractivity contribution in [3.8, 4) is 0 Å². The fourth-order valence-electron chi connectivity index (χ4n) is 0.551. The number of hydrogen-bond donors (Lipinski definition) is 2. The molecular weight excluding hydrogens is 224 g/mol. The maximum absolute atomic E-state index is 10.9. The first-order chi connectivity index (χ1) is 6.41. The SMILES string of the molecule is CC(S)OC(=O)/C=C/C(=O)OC(C)S. The maximum Gasteiger partial charge on any atom is 0.332 e. The molecule has 0 aliphatic rings. The van der Waals surface area contributed by atoms with Crippen LogP contribution in [0.5, 0.6) is 0 Å². The zero-order valence-electron chi connectivity index (χ0n) is 7.84. The highest BCUT2D eigenvalue weighted by atomic mass is 32.1. The van der Waals surface area contributed by atoms with Crippen molar-refractivity contribution in [2.24, 2.45) is 0 Å². The zero-order valence-corrected chi connectivity index (χ0v) is 9.63. The summed E-state index contributed by atoms with van der Waals surface area (Å²) in [4.78, 5) is 21.7. The summed E-state index contributed by atoms with van der Waals surface area (Å²) < 4.78 is 9.23. The molecule has 0 bridgehead atoms. The first kappa shape index (κ1) is 13.4. The number of hydrogen-bond acceptors (Lipinski definition) is 6. The molecule has 4 nitrogen and oxygen atoms in total. The van der Waals surface area contributed by atoms with E-state index in [4.69, 9.17) is 0 Å². The maximum atomic E-state index is 10.9. The highest BCUT2D eigenvalue weighted by Gasteiger charge is 2.04. The van der Waals surface area contributed by atoms with E-state index < -0.39 is 22.8 Å². The van der Waals surface area contributed by atoms with Gasteiger partial charge >= 0.3 is 11.9 Å². The van der Waals surface area contributed by atoms with Gasteiger partial charge in [-0.1, -0.05) is 0 Å². The van der Waals surface area contributed by atoms with E-state index in [1.54, 1.807) is 13.8 Å². The van der Waals surface area contributed by atoms with E-state index in [9.17, 15) is 9.59 Å². The van der Waals surface area contributed by atoms with Crippen LogP contribution in [0.3, 0.4) is 0 Å². The molecule has 2 unspecified atom stereocenters. The normalized spacial score (nSPS) is 14.9. The molecule has 6 heteroatoms. The van der Waals surface area contributed by atoms with Crippen LogP contribution in [0.25, 0.3) is 0 Å². The van der Waals surface area contributed by atoms with Crippen LogP contribution in [0.1, 0.15) is 13.8 Å². The Hall–Kier alpha value is -0.620. The molecule has 0 aromatic heterocycles. The lowest BCUT2D eigenvalue weighted by molar-refractivity contribution is -0.141. The van der Waals surface area contributed by atoms with Crippen molar-refractivity contribution in [3.63, 3.8) is 0 Å². The van der Waals surface area contributed by atoms with Crippen molar-refractivity contribution in [2.45, 2.75) is 24.7 Å². The minimum Gasteiger partial charge on any atom is -0.449 e. The van der Waals surface area contributed by atoms with Crippen LogP contribution >= 0.6 is 25.3 Å². The van der Waals surface area contributed by atoms with Gasteiger partial charge in [-0.05, 0) is 13.8 Å². The molecule has 0 saturated heterocycles. The van der Waals surface area contributed by atoms with Gasteiger partial charge in [0.1, 0.15) is 10.9 Å². The first-order valence-corrected chi connectivity index (χ1v) is 4.90. The predicted octanol–water partition coefficient (Wildman–Crippen LogP) is 1.18. The molecule has 80 valence electrons. The van der Waals surface area contributed by atoms with Crippen molar-refractivity contribution >= 4 is 37.2 Å². The molecule has 0 fully saturated rings. The van der Waals surface area contributed by atoms with Crippen LogP contribution in [0, 0.1) is 0 Å². The predicted molar refractivity (Wildman–Crippen MR) is 58.2 cm³/mol. The van der Waals surface area contributed by atoms with Gasteiger partial charge in [-0.25, -0.2) is 9.59 Å². The van der Waals surface area contributed by atoms with Crippen molar-refractivity contribution in [2.75, 3.05) is 0 Å². The summed E-state index contributed by atoms with van der Waals surface area (Å²) >= 11 is 7.66. The van der Waals surface area contributed by atoms with E-state index in [2.05, 4.69) is 34.7 Å². The molecular formula is C8H12O4S2. The van der Waals surface area contributed by atoms with Crippen LogP contribution in [0.15, 0.2) is 12.2 Å². The molecule has 0 rings (SSSR count). The number of rotatable bonds is 4. The van der Waals surface area contributed by atoms with E-state index >= 15 is 0 Å². The van der Waals surface area contributed by atoms with Crippen LogP contribution < -0.4 is 0 Å². The fourth-order valence-corrected chi connectivity index (χ4v) is 0.759. The smallest absolute Gasteiger partial charge is 0.332 e. The highest BCUT2D eigenvalue weighted by molar-refractivity contribution is 7.80. The lowest BCUT2D eigenvalue weighted by Gasteiger charge is -2.04. The topological polar surface area (TPSA) is 52.6 Å². The Morgan fingerprint density at radius 3 is 1.50 bits per heavy atom. The van der Waals surface area contributed by atoms with Gasteiger partial charge in [0.15, 0.2) is 0 Å². The molecule has 2 atom stereocenters. The standard InChI is InChI=1S/C8H12O4S2/c1-5(13)11-7(9)3-4-8(10)12-6(2)14/h3-6,13-14H,1-2H3/b4-3+. The second kappa shape index (κ2) is 6.78. The lowest BCUT2D eigenvalue weighted by atomic mass is 10.5. The number of esters is 2. The molecule has 0 radical (unpaired) electrons. The average molecular weight is 236 g/mol. The quantitative estimate of drug-likeness (QED) is 0.333. The summed E-state index contributed by atoms with van der Waals surface area (Å²) in [6, 6.07) is 0. The summed E-state index contributed by atoms with van der Waals surface area (Å²) in [5.41, 5.74) is -1.01. The Bertz CT molecular complexity index is 211. The molecule has 0 spiro atoms. The number of thiol groups is 2. The highest BCUT2D eigenvalue weighted by Crippen LogP contribution is 1.98. The molecule has 14 heavy (non-hydrogen) atoms. The van der Waals surface area contributed by atoms with Crippen LogP contribution in [-0.2, 0) is 19.1 Å². The van der Waals surface area contributed by atoms with Crippen molar-refractivity contribution in [1.29, 1.82) is 0 Å². The van der Waals surface area contributed by atoms with Gasteiger partial charge in [-0.3, -0.25) is 0 Å². The van der Waals surface area contributed by atoms with Gasteiger partial charge in [-0.2, -0.15) is 0 Å². The third kappa shape index (κ3) is 8.00. The Labute approximate surface area is 93.5 Å². The largest absolute Gasteiger partial charge is 0.449 e. The molecule has 0 amide bonds. The van der Waals surface area contributed by atoms with Crippen molar-refractivity contribution in [3.05, 3.63) is 12.2 Å². The molecule has 0 aromatic carbocycles. The van der Waals surface area contributed by atoms with Crippen LogP contribution in [-0.4, -0.2) is 22.8 Å². The Morgan fingerprint density at radius 1 is 1.00 bits per heavy atom. The first-order valence-electron chi connectivity index (χ1n) is 3.87. The second-order valence-corrected chi connectivity index (χ2v) is 3.86. The summed E-state index contributed by atoms with van der Waals surface area (Å²) in [5, 5.41) is 0. The van der Waals surface area contributed by atoms with Crippen LogP contribution in [0.2, 0.25) is 0 Å². The summed E-state index contributed by atoms with van der Waals surface area (Å²) in [7, 11) is 0. The minimum atomic E-state index is -0.642. The van der Waals surface area contributed by atoms with E-state index in [1.165, 1.54) is 0 Å². The molecule has 0 heterocycles. The second-order valence-electron chi connectivity index (χ2n) is 2.41. The number of carbonyl (C=O) groups is 2. The Balaban J connectivity index is 3.92. The average Bonchev–Trinajstić information content (AvgIpc) is 1.98. The number of carbonyl (C=O) groups excluding carboxylic acids is 2. The third-order valence-electron chi connectivity index (χ3n) is 0.929. The Morgan fingerprint density at radius 2 is 1.29 bits per heavy atom. The van der Waals surface area contributed by atoms with E-state index in [1.807, 2.05) is 0 Å². The van der Waals surface area contributed by atoms with Gasteiger partial charge in [-0.15, -0.1) is 25.3 Å². The summed E-state index contributed by atoms with van der Waals surface area (Å²) in [6.07, 6.45) is 1.95. The van der Waals surface area contributed by atoms with Gasteiger partial charge in [0.25, 0.3) is 0 Å². The van der Waals surface area contributed by atoms with E-state index in [-0.39, 0.29) is 0 Å². The van der Waals surface area contributed by atoms with E-state index in [0.717, 1.165) is 12.2 Å². The summed E-state index contributed by atoms with van der Waals surface area (Å²) in [6.45, 7) is 3.17. The zero-order chi connectivity index (χ0) is 11.1. The molecule has 0 saturated carbocycles. The number of ether oxygens (including phenoxy) is 2. The molecule has 0 aromatic rings. The fraction of sp³-hybridized carbons (Fsp3) is 0.500. The monoisotopic (exact) mass is 236 g/mol. The lowest BCUT2D eigenvalue weighted by Crippen LogP contribution is -2.09. The summed E-state index contributed by atoms with van der Waals surface area (Å²) in [5.74, 6) is -1.28. The van der Waals surface area contributed by atoms with Gasteiger partial charge in [0.05, 0.1) is 0 Å². The molecule has 0 N–H and O–H groups in total. The van der Waals surface area contributed by atoms with E-state index in [0.29, 0.717) is 0 Å². The molecule has 0 aliphatic heterocycles. The van der Waals surface area contributed by atoms with Crippen molar-refractivity contribution in [1.82, 2.24) is 0 Å². The van der Waals surface area contributed by atoms with Crippen LogP contribution in [0.4, 0.5) is 0 Å². The minimum absolute atomic E-state index is 0.507. The van der Waals surface area contributed by atoms with Crippen molar-refractivity contribution < 1.29 is 19.1 Å². The third-order valence-corrected chi connectivity index (χ3v) is 1.14. The van der Waals surface area contributed by atoms with Gasteiger partial charge in [0.2, 0.25) is 0 Å². The van der Waals surface area contributed by atoms with Gasteiger partial charge < -0.3 is 9.47 Å². The molecule has 0 aliphatic carbocycles.